The third kappa shape index (κ3) is 5.10. The lowest BCUT2D eigenvalue weighted by molar-refractivity contribution is 0.174. The molecule has 0 aliphatic heterocycles. The van der Waals surface area contributed by atoms with Crippen molar-refractivity contribution in [3.05, 3.63) is 11.8 Å². The number of nitrogens with one attached hydrogen (secondary N) is 1. The van der Waals surface area contributed by atoms with Gasteiger partial charge in [-0.25, -0.2) is 0 Å². The Bertz CT molecular complexity index is 328. The van der Waals surface area contributed by atoms with E-state index < -0.39 is 0 Å². The van der Waals surface area contributed by atoms with E-state index in [4.69, 9.17) is 4.74 Å². The van der Waals surface area contributed by atoms with Crippen LogP contribution in [0.1, 0.15) is 19.0 Å². The van der Waals surface area contributed by atoms with Crippen LogP contribution in [-0.4, -0.2) is 41.8 Å². The highest BCUT2D eigenvalue weighted by Crippen LogP contribution is 2.19. The van der Waals surface area contributed by atoms with Crippen molar-refractivity contribution in [2.75, 3.05) is 26.0 Å². The van der Waals surface area contributed by atoms with E-state index in [-0.39, 0.29) is 0 Å². The van der Waals surface area contributed by atoms with Gasteiger partial charge in [0.1, 0.15) is 0 Å². The van der Waals surface area contributed by atoms with E-state index in [1.807, 2.05) is 30.4 Å². The number of hydrogen-bond acceptors (Lipinski definition) is 4. The molecule has 0 aliphatic carbocycles. The van der Waals surface area contributed by atoms with Crippen molar-refractivity contribution in [1.82, 2.24) is 15.1 Å². The van der Waals surface area contributed by atoms with Crippen LogP contribution >= 0.6 is 11.8 Å². The molecule has 0 amide bonds. The summed E-state index contributed by atoms with van der Waals surface area (Å²) < 4.78 is 7.16. The van der Waals surface area contributed by atoms with Crippen LogP contribution in [0.15, 0.2) is 11.1 Å². The van der Waals surface area contributed by atoms with Crippen molar-refractivity contribution in [2.24, 2.45) is 7.05 Å². The van der Waals surface area contributed by atoms with Crippen LogP contribution in [0.3, 0.4) is 0 Å². The van der Waals surface area contributed by atoms with Crippen molar-refractivity contribution in [3.63, 3.8) is 0 Å². The molecule has 1 heterocycles. The van der Waals surface area contributed by atoms with Crippen LogP contribution in [0, 0.1) is 6.92 Å². The summed E-state index contributed by atoms with van der Waals surface area (Å²) in [4.78, 5) is 0. The van der Waals surface area contributed by atoms with Gasteiger partial charge in [0.05, 0.1) is 17.3 Å². The first-order valence-electron chi connectivity index (χ1n) is 6.03. The molecule has 1 atom stereocenters. The van der Waals surface area contributed by atoms with E-state index in [1.165, 1.54) is 5.03 Å². The maximum absolute atomic E-state index is 5.23. The molecule has 0 saturated carbocycles. The summed E-state index contributed by atoms with van der Waals surface area (Å²) in [5.74, 6) is 1.01. The van der Waals surface area contributed by atoms with Gasteiger partial charge >= 0.3 is 0 Å². The van der Waals surface area contributed by atoms with E-state index in [0.29, 0.717) is 6.04 Å². The number of rotatable bonds is 8. The standard InChI is InChI=1S/C12H23N3OS/c1-5-6-13-11(8-16-4)9-17-12-7-10(2)14-15(12)3/h7,11,13H,5-6,8-9H2,1-4H3. The van der Waals surface area contributed by atoms with Gasteiger partial charge in [-0.2, -0.15) is 5.10 Å². The molecule has 1 rings (SSSR count). The fraction of sp³-hybridized carbons (Fsp3) is 0.750. The Morgan fingerprint density at radius 2 is 2.35 bits per heavy atom. The minimum atomic E-state index is 0.403. The van der Waals surface area contributed by atoms with Gasteiger partial charge < -0.3 is 10.1 Å². The van der Waals surface area contributed by atoms with Gasteiger partial charge in [-0.1, -0.05) is 6.92 Å². The fourth-order valence-corrected chi connectivity index (χ4v) is 2.69. The summed E-state index contributed by atoms with van der Waals surface area (Å²) in [6.07, 6.45) is 1.15. The topological polar surface area (TPSA) is 39.1 Å². The zero-order chi connectivity index (χ0) is 12.7. The van der Waals surface area contributed by atoms with Gasteiger partial charge in [-0.05, 0) is 26.0 Å². The molecule has 1 unspecified atom stereocenters. The molecule has 4 nitrogen and oxygen atoms in total. The molecule has 17 heavy (non-hydrogen) atoms. The molecule has 1 N–H and O–H groups in total. The second-order valence-corrected chi connectivity index (χ2v) is 5.21. The Kier molecular flexibility index (Phi) is 6.62. The Labute approximate surface area is 108 Å². The molecule has 1 aromatic rings. The molecule has 1 aromatic heterocycles. The molecule has 0 aromatic carbocycles. The number of thioether (sulfide) groups is 1. The molecule has 0 saturated heterocycles. The van der Waals surface area contributed by atoms with Crippen molar-refractivity contribution < 1.29 is 4.74 Å². The van der Waals surface area contributed by atoms with Crippen LogP contribution in [0.4, 0.5) is 0 Å². The van der Waals surface area contributed by atoms with Crippen LogP contribution in [0.5, 0.6) is 0 Å². The predicted octanol–water partition coefficient (Wildman–Crippen LogP) is 1.84. The fourth-order valence-electron chi connectivity index (χ4n) is 1.62. The summed E-state index contributed by atoms with van der Waals surface area (Å²) in [5.41, 5.74) is 1.07. The maximum Gasteiger partial charge on any atom is 0.0939 e. The smallest absolute Gasteiger partial charge is 0.0939 e. The van der Waals surface area contributed by atoms with Gasteiger partial charge in [-0.15, -0.1) is 11.8 Å². The van der Waals surface area contributed by atoms with Gasteiger partial charge in [-0.3, -0.25) is 4.68 Å². The highest BCUT2D eigenvalue weighted by molar-refractivity contribution is 7.99. The quantitative estimate of drug-likeness (QED) is 0.721. The molecule has 0 fully saturated rings. The first-order valence-corrected chi connectivity index (χ1v) is 7.01. The van der Waals surface area contributed by atoms with Crippen molar-refractivity contribution in [1.29, 1.82) is 0 Å². The summed E-state index contributed by atoms with van der Waals surface area (Å²) in [6.45, 7) is 5.99. The van der Waals surface area contributed by atoms with Gasteiger partial charge in [0, 0.05) is 26.0 Å². The highest BCUT2D eigenvalue weighted by atomic mass is 32.2. The predicted molar refractivity (Wildman–Crippen MR) is 72.6 cm³/mol. The Balaban J connectivity index is 2.42. The molecule has 0 radical (unpaired) electrons. The van der Waals surface area contributed by atoms with Crippen molar-refractivity contribution in [2.45, 2.75) is 31.3 Å². The van der Waals surface area contributed by atoms with E-state index in [9.17, 15) is 0 Å². The first kappa shape index (κ1) is 14.5. The lowest BCUT2D eigenvalue weighted by atomic mass is 10.3. The van der Waals surface area contributed by atoms with E-state index >= 15 is 0 Å². The number of aryl methyl sites for hydroxylation is 2. The average molecular weight is 257 g/mol. The second kappa shape index (κ2) is 7.74. The summed E-state index contributed by atoms with van der Waals surface area (Å²) >= 11 is 1.82. The van der Waals surface area contributed by atoms with Crippen molar-refractivity contribution in [3.8, 4) is 0 Å². The van der Waals surface area contributed by atoms with Gasteiger partial charge in [0.2, 0.25) is 0 Å². The Hall–Kier alpha value is -0.520. The maximum atomic E-state index is 5.23. The van der Waals surface area contributed by atoms with Crippen LogP contribution < -0.4 is 5.32 Å². The Morgan fingerprint density at radius 1 is 1.59 bits per heavy atom. The largest absolute Gasteiger partial charge is 0.383 e. The summed E-state index contributed by atoms with van der Waals surface area (Å²) in [5, 5.41) is 9.04. The normalized spacial score (nSPS) is 12.9. The zero-order valence-corrected chi connectivity index (χ0v) is 12.0. The molecule has 5 heteroatoms. The van der Waals surface area contributed by atoms with Crippen LogP contribution in [0.2, 0.25) is 0 Å². The van der Waals surface area contributed by atoms with Crippen LogP contribution in [-0.2, 0) is 11.8 Å². The lowest BCUT2D eigenvalue weighted by Crippen LogP contribution is -2.35. The number of ether oxygens (including phenoxy) is 1. The first-order chi connectivity index (χ1) is 8.17. The SMILES string of the molecule is CCCNC(COC)CSc1cc(C)nn1C. The lowest BCUT2D eigenvalue weighted by Gasteiger charge is -2.16. The number of aromatic nitrogens is 2. The minimum Gasteiger partial charge on any atom is -0.383 e. The molecule has 0 bridgehead atoms. The van der Waals surface area contributed by atoms with Crippen LogP contribution in [0.25, 0.3) is 0 Å². The summed E-state index contributed by atoms with van der Waals surface area (Å²) in [6, 6.07) is 2.52. The highest BCUT2D eigenvalue weighted by Gasteiger charge is 2.10. The Morgan fingerprint density at radius 3 is 2.88 bits per heavy atom. The molecular formula is C12H23N3OS. The third-order valence-corrected chi connectivity index (χ3v) is 3.69. The van der Waals surface area contributed by atoms with E-state index in [2.05, 4.69) is 23.4 Å². The second-order valence-electron chi connectivity index (χ2n) is 4.16. The molecule has 0 aliphatic rings. The zero-order valence-electron chi connectivity index (χ0n) is 11.2. The monoisotopic (exact) mass is 257 g/mol. The number of hydrogen-bond donors (Lipinski definition) is 1. The number of nitrogens with zero attached hydrogens (tertiary/aromatic N) is 2. The van der Waals surface area contributed by atoms with Gasteiger partial charge in [0.25, 0.3) is 0 Å². The average Bonchev–Trinajstić information content (AvgIpc) is 2.61. The van der Waals surface area contributed by atoms with E-state index in [0.717, 1.165) is 31.0 Å². The van der Waals surface area contributed by atoms with Crippen molar-refractivity contribution >= 4 is 11.8 Å². The molecule has 0 spiro atoms. The molecule has 98 valence electrons. The third-order valence-electron chi connectivity index (χ3n) is 2.44. The molecular weight excluding hydrogens is 234 g/mol. The number of methoxy groups -OCH3 is 1. The van der Waals surface area contributed by atoms with Gasteiger partial charge in [0.15, 0.2) is 0 Å². The summed E-state index contributed by atoms with van der Waals surface area (Å²) in [7, 11) is 3.74. The van der Waals surface area contributed by atoms with E-state index in [1.54, 1.807) is 7.11 Å². The minimum absolute atomic E-state index is 0.403.